The van der Waals surface area contributed by atoms with Gasteiger partial charge in [0.15, 0.2) is 11.5 Å². The Morgan fingerprint density at radius 3 is 3.09 bits per heavy atom. The van der Waals surface area contributed by atoms with Crippen LogP contribution in [-0.2, 0) is 6.42 Å². The third-order valence-corrected chi connectivity index (χ3v) is 4.85. The molecule has 1 unspecified atom stereocenters. The fourth-order valence-corrected chi connectivity index (χ4v) is 3.55. The van der Waals surface area contributed by atoms with Gasteiger partial charge in [-0.25, -0.2) is 0 Å². The van der Waals surface area contributed by atoms with E-state index in [-0.39, 0.29) is 0 Å². The number of benzene rings is 1. The number of piperidine rings is 1. The summed E-state index contributed by atoms with van der Waals surface area (Å²) in [7, 11) is 1.72. The van der Waals surface area contributed by atoms with Gasteiger partial charge in [0, 0.05) is 12.6 Å². The summed E-state index contributed by atoms with van der Waals surface area (Å²) in [6.45, 7) is 6.40. The topological polar surface area (TPSA) is 33.7 Å². The molecule has 1 saturated heterocycles. The summed E-state index contributed by atoms with van der Waals surface area (Å²) < 4.78 is 11.2. The number of hydrogen-bond acceptors (Lipinski definition) is 4. The molecule has 0 bridgehead atoms. The second kappa shape index (κ2) is 7.23. The first kappa shape index (κ1) is 15.5. The molecule has 2 aliphatic rings. The van der Waals surface area contributed by atoms with Gasteiger partial charge in [0.1, 0.15) is 6.61 Å². The number of nitrogens with one attached hydrogen (secondary N) is 1. The Kier molecular flexibility index (Phi) is 5.08. The molecule has 4 nitrogen and oxygen atoms in total. The minimum Gasteiger partial charge on any atom is -0.493 e. The molecule has 0 aliphatic carbocycles. The summed E-state index contributed by atoms with van der Waals surface area (Å²) in [5.74, 6) is 1.72. The summed E-state index contributed by atoms with van der Waals surface area (Å²) >= 11 is 0. The van der Waals surface area contributed by atoms with Crippen molar-refractivity contribution < 1.29 is 9.47 Å². The minimum atomic E-state index is 0.704. The van der Waals surface area contributed by atoms with Gasteiger partial charge in [-0.3, -0.25) is 0 Å². The van der Waals surface area contributed by atoms with Crippen molar-refractivity contribution in [1.82, 2.24) is 4.90 Å². The molecule has 1 aromatic carbocycles. The summed E-state index contributed by atoms with van der Waals surface area (Å²) in [6.07, 6.45) is 6.40. The smallest absolute Gasteiger partial charge is 0.184 e. The number of likely N-dealkylation sites (tertiary alicyclic amines) is 1. The van der Waals surface area contributed by atoms with Crippen LogP contribution in [0.5, 0.6) is 11.5 Å². The molecule has 3 rings (SSSR count). The Morgan fingerprint density at radius 1 is 1.36 bits per heavy atom. The predicted molar refractivity (Wildman–Crippen MR) is 90.2 cm³/mol. The van der Waals surface area contributed by atoms with E-state index in [0.29, 0.717) is 6.61 Å². The van der Waals surface area contributed by atoms with Gasteiger partial charge < -0.3 is 19.7 Å². The predicted octanol–water partition coefficient (Wildman–Crippen LogP) is 3.31. The largest absolute Gasteiger partial charge is 0.493 e. The van der Waals surface area contributed by atoms with E-state index in [1.54, 1.807) is 7.11 Å². The fraction of sp³-hybridized carbons (Fsp3) is 0.667. The normalized spacial score (nSPS) is 21.6. The maximum Gasteiger partial charge on any atom is 0.184 e. The highest BCUT2D eigenvalue weighted by Crippen LogP contribution is 2.38. The van der Waals surface area contributed by atoms with Crippen molar-refractivity contribution in [2.75, 3.05) is 38.7 Å². The van der Waals surface area contributed by atoms with E-state index in [2.05, 4.69) is 29.3 Å². The maximum atomic E-state index is 5.72. The number of methoxy groups -OCH3 is 1. The zero-order chi connectivity index (χ0) is 15.4. The molecule has 1 N–H and O–H groups in total. The van der Waals surface area contributed by atoms with Gasteiger partial charge in [-0.15, -0.1) is 0 Å². The van der Waals surface area contributed by atoms with Gasteiger partial charge in [0.05, 0.1) is 12.8 Å². The third-order valence-electron chi connectivity index (χ3n) is 4.85. The molecule has 1 fully saturated rings. The quantitative estimate of drug-likeness (QED) is 0.905. The average Bonchev–Trinajstić information content (AvgIpc) is 2.56. The molecule has 4 heteroatoms. The molecule has 0 amide bonds. The monoisotopic (exact) mass is 304 g/mol. The molecule has 0 aromatic heterocycles. The lowest BCUT2D eigenvalue weighted by molar-refractivity contribution is 0.159. The number of fused-ring (bicyclic) bond motifs is 1. The average molecular weight is 304 g/mol. The lowest BCUT2D eigenvalue weighted by Gasteiger charge is -2.33. The Balaban J connectivity index is 1.60. The zero-order valence-corrected chi connectivity index (χ0v) is 13.9. The van der Waals surface area contributed by atoms with Crippen LogP contribution >= 0.6 is 0 Å². The lowest BCUT2D eigenvalue weighted by Crippen LogP contribution is -2.38. The highest BCUT2D eigenvalue weighted by atomic mass is 16.5. The summed E-state index contributed by atoms with van der Waals surface area (Å²) in [4.78, 5) is 2.64. The van der Waals surface area contributed by atoms with Crippen molar-refractivity contribution in [2.24, 2.45) is 0 Å². The molecule has 122 valence electrons. The first-order chi connectivity index (χ1) is 10.8. The first-order valence-corrected chi connectivity index (χ1v) is 8.59. The maximum absolute atomic E-state index is 5.72. The Bertz CT molecular complexity index is 487. The van der Waals surface area contributed by atoms with Gasteiger partial charge in [0.25, 0.3) is 0 Å². The van der Waals surface area contributed by atoms with Gasteiger partial charge in [0.2, 0.25) is 0 Å². The molecular formula is C18H28N2O2. The second-order valence-corrected chi connectivity index (χ2v) is 6.43. The number of aryl methyl sites for hydroxylation is 1. The highest BCUT2D eigenvalue weighted by Gasteiger charge is 2.19. The number of ether oxygens (including phenoxy) is 2. The molecule has 0 radical (unpaired) electrons. The molecule has 1 aromatic rings. The number of hydrogen-bond donors (Lipinski definition) is 1. The van der Waals surface area contributed by atoms with Gasteiger partial charge in [-0.05, 0) is 63.4 Å². The highest BCUT2D eigenvalue weighted by molar-refractivity contribution is 5.66. The summed E-state index contributed by atoms with van der Waals surface area (Å²) in [5, 5.41) is 3.41. The molecule has 2 heterocycles. The van der Waals surface area contributed by atoms with Crippen molar-refractivity contribution in [3.8, 4) is 11.5 Å². The Labute approximate surface area is 133 Å². The van der Waals surface area contributed by atoms with E-state index < -0.39 is 0 Å². The fourth-order valence-electron chi connectivity index (χ4n) is 3.55. The van der Waals surface area contributed by atoms with Crippen molar-refractivity contribution >= 4 is 5.69 Å². The summed E-state index contributed by atoms with van der Waals surface area (Å²) in [5.41, 5.74) is 2.41. The number of rotatable bonds is 5. The van der Waals surface area contributed by atoms with Crippen molar-refractivity contribution in [1.29, 1.82) is 0 Å². The first-order valence-electron chi connectivity index (χ1n) is 8.59. The van der Waals surface area contributed by atoms with E-state index in [1.807, 2.05) is 0 Å². The van der Waals surface area contributed by atoms with Crippen LogP contribution in [-0.4, -0.2) is 44.3 Å². The van der Waals surface area contributed by atoms with Crippen molar-refractivity contribution in [3.63, 3.8) is 0 Å². The van der Waals surface area contributed by atoms with E-state index in [9.17, 15) is 0 Å². The van der Waals surface area contributed by atoms with Crippen LogP contribution in [0.25, 0.3) is 0 Å². The van der Waals surface area contributed by atoms with Crippen LogP contribution in [0.4, 0.5) is 5.69 Å². The van der Waals surface area contributed by atoms with Crippen molar-refractivity contribution in [2.45, 2.75) is 45.1 Å². The van der Waals surface area contributed by atoms with Crippen LogP contribution in [0.3, 0.4) is 0 Å². The van der Waals surface area contributed by atoms with Crippen LogP contribution in [0, 0.1) is 0 Å². The Hall–Kier alpha value is -1.42. The van der Waals surface area contributed by atoms with Crippen molar-refractivity contribution in [3.05, 3.63) is 17.7 Å². The SMILES string of the molecule is COc1cc(CCCN2CCCCC2C)cc2c1OCCN2. The van der Waals surface area contributed by atoms with Crippen LogP contribution in [0.2, 0.25) is 0 Å². The second-order valence-electron chi connectivity index (χ2n) is 6.43. The third kappa shape index (κ3) is 3.49. The zero-order valence-electron chi connectivity index (χ0n) is 13.9. The van der Waals surface area contributed by atoms with Gasteiger partial charge in [-0.1, -0.05) is 6.42 Å². The van der Waals surface area contributed by atoms with Gasteiger partial charge in [-0.2, -0.15) is 0 Å². The van der Waals surface area contributed by atoms with Gasteiger partial charge >= 0.3 is 0 Å². The molecular weight excluding hydrogens is 276 g/mol. The molecule has 0 saturated carbocycles. The van der Waals surface area contributed by atoms with E-state index >= 15 is 0 Å². The van der Waals surface area contributed by atoms with E-state index in [4.69, 9.17) is 9.47 Å². The lowest BCUT2D eigenvalue weighted by atomic mass is 10.0. The van der Waals surface area contributed by atoms with Crippen LogP contribution < -0.4 is 14.8 Å². The number of anilines is 1. The number of nitrogens with zero attached hydrogens (tertiary/aromatic N) is 1. The standard InChI is InChI=1S/C18H28N2O2/c1-14-6-3-4-9-20(14)10-5-7-15-12-16-18(17(13-15)21-2)22-11-8-19-16/h12-14,19H,3-11H2,1-2H3. The van der Waals surface area contributed by atoms with Crippen LogP contribution in [0.15, 0.2) is 12.1 Å². The molecule has 0 spiro atoms. The van der Waals surface area contributed by atoms with Crippen LogP contribution in [0.1, 0.15) is 38.2 Å². The summed E-state index contributed by atoms with van der Waals surface area (Å²) in [6, 6.07) is 5.10. The minimum absolute atomic E-state index is 0.704. The van der Waals surface area contributed by atoms with E-state index in [1.165, 1.54) is 44.3 Å². The molecule has 1 atom stereocenters. The molecule has 22 heavy (non-hydrogen) atoms. The molecule has 2 aliphatic heterocycles. The Morgan fingerprint density at radius 2 is 2.27 bits per heavy atom. The van der Waals surface area contributed by atoms with E-state index in [0.717, 1.165) is 36.2 Å².